The summed E-state index contributed by atoms with van der Waals surface area (Å²) in [7, 11) is 4.32. The summed E-state index contributed by atoms with van der Waals surface area (Å²) in [6.45, 7) is 0.0579. The number of likely N-dealkylation sites (tertiary alicyclic amines) is 1. The van der Waals surface area contributed by atoms with Gasteiger partial charge in [-0.15, -0.1) is 0 Å². The fourth-order valence-electron chi connectivity index (χ4n) is 5.53. The van der Waals surface area contributed by atoms with Crippen molar-refractivity contribution >= 4 is 12.1 Å². The van der Waals surface area contributed by atoms with Gasteiger partial charge < -0.3 is 14.9 Å². The highest BCUT2D eigenvalue weighted by molar-refractivity contribution is 5.80. The highest BCUT2D eigenvalue weighted by Crippen LogP contribution is 2.46. The van der Waals surface area contributed by atoms with Crippen molar-refractivity contribution in [3.63, 3.8) is 0 Å². The summed E-state index contributed by atoms with van der Waals surface area (Å²) in [5.74, 6) is -0.0418. The van der Waals surface area contributed by atoms with Gasteiger partial charge in [-0.2, -0.15) is 0 Å². The summed E-state index contributed by atoms with van der Waals surface area (Å²) in [4.78, 5) is 26.1. The summed E-state index contributed by atoms with van der Waals surface area (Å²) in [5, 5.41) is 18.6. The first-order valence-corrected chi connectivity index (χ1v) is 11.5. The van der Waals surface area contributed by atoms with Crippen LogP contribution in [0, 0.1) is 0 Å². The van der Waals surface area contributed by atoms with E-state index in [1.54, 1.807) is 0 Å². The predicted octanol–water partition coefficient (Wildman–Crippen LogP) is 4.39. The van der Waals surface area contributed by atoms with E-state index in [0.29, 0.717) is 11.7 Å². The topological polar surface area (TPSA) is 90.3 Å². The van der Waals surface area contributed by atoms with E-state index in [0.717, 1.165) is 30.6 Å². The van der Waals surface area contributed by atoms with Crippen LogP contribution in [0.25, 0.3) is 0 Å². The van der Waals surface area contributed by atoms with Gasteiger partial charge in [0.2, 0.25) is 0 Å². The molecule has 2 aliphatic rings. The number of carbonyl (C=O) groups is 2. The monoisotopic (exact) mass is 452 g/mol. The van der Waals surface area contributed by atoms with Gasteiger partial charge in [0.15, 0.2) is 0 Å². The van der Waals surface area contributed by atoms with Crippen LogP contribution in [0.2, 0.25) is 0 Å². The normalized spacial score (nSPS) is 27.5. The van der Waals surface area contributed by atoms with Gasteiger partial charge in [-0.1, -0.05) is 42.5 Å². The molecule has 1 aliphatic heterocycles. The molecule has 1 saturated carbocycles. The molecule has 2 fully saturated rings. The van der Waals surface area contributed by atoms with E-state index in [9.17, 15) is 19.8 Å². The molecule has 1 heterocycles. The number of hydrogen-bond donors (Lipinski definition) is 2. The molecule has 1 saturated heterocycles. The summed E-state index contributed by atoms with van der Waals surface area (Å²) < 4.78 is 6.04. The molecule has 176 valence electrons. The van der Waals surface area contributed by atoms with Crippen LogP contribution in [0.15, 0.2) is 54.6 Å². The molecule has 2 N–H and O–H groups in total. The van der Waals surface area contributed by atoms with Crippen LogP contribution in [-0.4, -0.2) is 64.9 Å². The van der Waals surface area contributed by atoms with Crippen molar-refractivity contribution < 1.29 is 24.5 Å². The Bertz CT molecular complexity index is 963. The van der Waals surface area contributed by atoms with Crippen LogP contribution >= 0.6 is 0 Å². The zero-order valence-corrected chi connectivity index (χ0v) is 19.2. The smallest absolute Gasteiger partial charge is 0.408 e. The van der Waals surface area contributed by atoms with Crippen molar-refractivity contribution in [3.05, 3.63) is 65.7 Å². The second kappa shape index (κ2) is 9.43. The molecule has 33 heavy (non-hydrogen) atoms. The fraction of sp³-hybridized carbons (Fsp3) is 0.462. The SMILES string of the molecule is CN(C)C1(c2ccccc2)CCC(c2cccc(O[C@H]3C[C@@H](C(=O)O)N(C(=O)O)C3)c2)CC1. The zero-order chi connectivity index (χ0) is 23.6. The second-order valence-corrected chi connectivity index (χ2v) is 9.40. The number of hydrogen-bond acceptors (Lipinski definition) is 4. The Kier molecular flexibility index (Phi) is 6.61. The minimum Gasteiger partial charge on any atom is -0.488 e. The van der Waals surface area contributed by atoms with Crippen molar-refractivity contribution in [3.8, 4) is 5.75 Å². The molecule has 0 aromatic heterocycles. The van der Waals surface area contributed by atoms with E-state index >= 15 is 0 Å². The lowest BCUT2D eigenvalue weighted by Crippen LogP contribution is -2.44. The number of aliphatic carboxylic acids is 1. The van der Waals surface area contributed by atoms with E-state index < -0.39 is 24.2 Å². The average molecular weight is 453 g/mol. The van der Waals surface area contributed by atoms with E-state index in [1.165, 1.54) is 11.1 Å². The Balaban J connectivity index is 1.44. The van der Waals surface area contributed by atoms with Crippen LogP contribution in [0.4, 0.5) is 4.79 Å². The van der Waals surface area contributed by atoms with Crippen LogP contribution in [0.3, 0.4) is 0 Å². The van der Waals surface area contributed by atoms with Gasteiger partial charge in [0.25, 0.3) is 0 Å². The lowest BCUT2D eigenvalue weighted by Gasteiger charge is -2.45. The maximum Gasteiger partial charge on any atom is 0.408 e. The predicted molar refractivity (Wildman–Crippen MR) is 125 cm³/mol. The van der Waals surface area contributed by atoms with Crippen LogP contribution in [-0.2, 0) is 10.3 Å². The van der Waals surface area contributed by atoms with Gasteiger partial charge in [0.05, 0.1) is 6.54 Å². The standard InChI is InChI=1S/C26H32N2O5/c1-27(2)26(20-8-4-3-5-9-20)13-11-18(12-14-26)19-7-6-10-21(15-19)33-22-16-23(24(29)30)28(17-22)25(31)32/h3-10,15,18,22-23H,11-14,16-17H2,1-2H3,(H,29,30)(H,31,32)/t18?,22-,23-,26?/m0/s1. The quantitative estimate of drug-likeness (QED) is 0.676. The second-order valence-electron chi connectivity index (χ2n) is 9.40. The van der Waals surface area contributed by atoms with E-state index in [1.807, 2.05) is 18.2 Å². The third kappa shape index (κ3) is 4.69. The number of benzene rings is 2. The first-order valence-electron chi connectivity index (χ1n) is 11.5. The highest BCUT2D eigenvalue weighted by atomic mass is 16.5. The molecule has 0 spiro atoms. The number of amides is 1. The van der Waals surface area contributed by atoms with Gasteiger partial charge in [-0.25, -0.2) is 9.59 Å². The molecule has 2 atom stereocenters. The largest absolute Gasteiger partial charge is 0.488 e. The highest BCUT2D eigenvalue weighted by Gasteiger charge is 2.41. The number of nitrogens with zero attached hydrogens (tertiary/aromatic N) is 2. The van der Waals surface area contributed by atoms with Gasteiger partial charge in [-0.05, 0) is 69.0 Å². The summed E-state index contributed by atoms with van der Waals surface area (Å²) >= 11 is 0. The third-order valence-corrected chi connectivity index (χ3v) is 7.41. The Morgan fingerprint density at radius 3 is 2.30 bits per heavy atom. The molecule has 4 rings (SSSR count). The average Bonchev–Trinajstić information content (AvgIpc) is 3.24. The van der Waals surface area contributed by atoms with E-state index in [2.05, 4.69) is 55.4 Å². The lowest BCUT2D eigenvalue weighted by atomic mass is 9.70. The Labute approximate surface area is 194 Å². The number of ether oxygens (including phenoxy) is 1. The van der Waals surface area contributed by atoms with Crippen LogP contribution in [0.1, 0.15) is 49.1 Å². The number of carboxylic acids is 1. The molecule has 0 bridgehead atoms. The molecule has 0 radical (unpaired) electrons. The fourth-order valence-corrected chi connectivity index (χ4v) is 5.53. The molecular formula is C26H32N2O5. The first kappa shape index (κ1) is 23.1. The Morgan fingerprint density at radius 2 is 1.73 bits per heavy atom. The first-order chi connectivity index (χ1) is 15.8. The Morgan fingerprint density at radius 1 is 1.03 bits per heavy atom. The summed E-state index contributed by atoms with van der Waals surface area (Å²) in [5.41, 5.74) is 2.63. The third-order valence-electron chi connectivity index (χ3n) is 7.41. The molecule has 7 heteroatoms. The minimum absolute atomic E-state index is 0.0435. The molecule has 2 aromatic carbocycles. The number of rotatable bonds is 6. The molecule has 2 aromatic rings. The molecular weight excluding hydrogens is 420 g/mol. The molecule has 0 unspecified atom stereocenters. The number of carboxylic acid groups (broad SMARTS) is 2. The van der Waals surface area contributed by atoms with Crippen LogP contribution in [0.5, 0.6) is 5.75 Å². The minimum atomic E-state index is -1.23. The molecule has 7 nitrogen and oxygen atoms in total. The van der Waals surface area contributed by atoms with Gasteiger partial charge >= 0.3 is 12.1 Å². The maximum atomic E-state index is 11.4. The maximum absolute atomic E-state index is 11.4. The van der Waals surface area contributed by atoms with Crippen molar-refractivity contribution in [2.45, 2.75) is 55.7 Å². The van der Waals surface area contributed by atoms with Gasteiger partial charge in [0, 0.05) is 12.0 Å². The van der Waals surface area contributed by atoms with Crippen molar-refractivity contribution in [1.82, 2.24) is 9.80 Å². The summed E-state index contributed by atoms with van der Waals surface area (Å²) in [6, 6.07) is 17.6. The van der Waals surface area contributed by atoms with E-state index in [-0.39, 0.29) is 18.5 Å². The van der Waals surface area contributed by atoms with Crippen LogP contribution < -0.4 is 4.74 Å². The van der Waals surface area contributed by atoms with Gasteiger partial charge in [-0.3, -0.25) is 9.80 Å². The van der Waals surface area contributed by atoms with Crippen molar-refractivity contribution in [2.24, 2.45) is 0 Å². The lowest BCUT2D eigenvalue weighted by molar-refractivity contribution is -0.141. The van der Waals surface area contributed by atoms with Gasteiger partial charge in [0.1, 0.15) is 17.9 Å². The Hall–Kier alpha value is -3.06. The summed E-state index contributed by atoms with van der Waals surface area (Å²) in [6.07, 6.45) is 2.71. The van der Waals surface area contributed by atoms with E-state index in [4.69, 9.17) is 4.74 Å². The molecule has 1 aliphatic carbocycles. The van der Waals surface area contributed by atoms with Crippen molar-refractivity contribution in [1.29, 1.82) is 0 Å². The molecule has 1 amide bonds. The van der Waals surface area contributed by atoms with Crippen molar-refractivity contribution in [2.75, 3.05) is 20.6 Å². The zero-order valence-electron chi connectivity index (χ0n) is 19.2.